The first-order valence-corrected chi connectivity index (χ1v) is 6.61. The van der Waals surface area contributed by atoms with E-state index in [1.807, 2.05) is 0 Å². The summed E-state index contributed by atoms with van der Waals surface area (Å²) in [5.41, 5.74) is 0.0366. The largest absolute Gasteiger partial charge is 0.206 e. The summed E-state index contributed by atoms with van der Waals surface area (Å²) in [5, 5.41) is 6.85. The third kappa shape index (κ3) is 4.00. The van der Waals surface area contributed by atoms with Gasteiger partial charge in [0.2, 0.25) is 0 Å². The maximum absolute atomic E-state index is 13.7. The van der Waals surface area contributed by atoms with Crippen molar-refractivity contribution in [2.24, 2.45) is 10.2 Å². The van der Waals surface area contributed by atoms with Crippen LogP contribution in [0.15, 0.2) is 34.5 Å². The van der Waals surface area contributed by atoms with Crippen LogP contribution in [0.25, 0.3) is 0 Å². The van der Waals surface area contributed by atoms with Crippen molar-refractivity contribution in [3.8, 4) is 0 Å². The maximum atomic E-state index is 13.7. The first-order chi connectivity index (χ1) is 10.9. The van der Waals surface area contributed by atoms with E-state index in [-0.39, 0.29) is 11.1 Å². The number of benzene rings is 2. The van der Waals surface area contributed by atoms with Gasteiger partial charge in [-0.1, -0.05) is 6.92 Å². The lowest BCUT2D eigenvalue weighted by Gasteiger charge is -2.01. The SMILES string of the molecule is CCc1cc(F)c(C=NN=Cc2cc(F)c(F)c(F)c2)c(F)c1. The molecule has 23 heavy (non-hydrogen) atoms. The molecule has 0 saturated heterocycles. The smallest absolute Gasteiger partial charge is 0.194 e. The number of nitrogens with zero attached hydrogens (tertiary/aromatic N) is 2. The van der Waals surface area contributed by atoms with Crippen LogP contribution >= 0.6 is 0 Å². The maximum Gasteiger partial charge on any atom is 0.194 e. The van der Waals surface area contributed by atoms with Gasteiger partial charge in [0.15, 0.2) is 17.5 Å². The molecule has 2 rings (SSSR count). The number of hydrogen-bond donors (Lipinski definition) is 0. The van der Waals surface area contributed by atoms with Crippen LogP contribution in [0.5, 0.6) is 0 Å². The van der Waals surface area contributed by atoms with Crippen molar-refractivity contribution < 1.29 is 22.0 Å². The molecule has 2 nitrogen and oxygen atoms in total. The highest BCUT2D eigenvalue weighted by atomic mass is 19.2. The van der Waals surface area contributed by atoms with Gasteiger partial charge in [-0.15, -0.1) is 0 Å². The van der Waals surface area contributed by atoms with Gasteiger partial charge < -0.3 is 0 Å². The first kappa shape index (κ1) is 16.8. The lowest BCUT2D eigenvalue weighted by atomic mass is 10.1. The van der Waals surface area contributed by atoms with E-state index in [2.05, 4.69) is 10.2 Å². The van der Waals surface area contributed by atoms with Crippen molar-refractivity contribution in [2.75, 3.05) is 0 Å². The summed E-state index contributed by atoms with van der Waals surface area (Å²) >= 11 is 0. The van der Waals surface area contributed by atoms with Gasteiger partial charge in [-0.05, 0) is 36.2 Å². The molecule has 0 fully saturated rings. The lowest BCUT2D eigenvalue weighted by Crippen LogP contribution is -1.97. The monoisotopic (exact) mass is 326 g/mol. The Morgan fingerprint density at radius 2 is 1.30 bits per heavy atom. The zero-order valence-corrected chi connectivity index (χ0v) is 12.0. The molecule has 0 heterocycles. The Hall–Kier alpha value is -2.57. The summed E-state index contributed by atoms with van der Waals surface area (Å²) in [6.45, 7) is 1.76. The van der Waals surface area contributed by atoms with E-state index < -0.39 is 29.1 Å². The van der Waals surface area contributed by atoms with Crippen molar-refractivity contribution in [2.45, 2.75) is 13.3 Å². The Morgan fingerprint density at radius 3 is 1.83 bits per heavy atom. The molecule has 0 radical (unpaired) electrons. The summed E-state index contributed by atoms with van der Waals surface area (Å²) in [5.74, 6) is -5.92. The summed E-state index contributed by atoms with van der Waals surface area (Å²) in [6.07, 6.45) is 2.25. The summed E-state index contributed by atoms with van der Waals surface area (Å²) in [7, 11) is 0. The highest BCUT2D eigenvalue weighted by Gasteiger charge is 2.10. The second-order valence-electron chi connectivity index (χ2n) is 4.61. The highest BCUT2D eigenvalue weighted by Crippen LogP contribution is 2.15. The zero-order chi connectivity index (χ0) is 17.0. The molecule has 0 aliphatic rings. The van der Waals surface area contributed by atoms with Gasteiger partial charge in [-0.2, -0.15) is 10.2 Å². The standard InChI is InChI=1S/C16H11F5N2/c1-2-9-3-12(17)11(13(18)4-9)8-23-22-7-10-5-14(19)16(21)15(20)6-10/h3-8H,2H2,1H3. The van der Waals surface area contributed by atoms with E-state index in [1.165, 1.54) is 12.1 Å². The molecule has 0 saturated carbocycles. The molecule has 120 valence electrons. The molecule has 0 amide bonds. The Kier molecular flexibility index (Phi) is 5.20. The predicted octanol–water partition coefficient (Wildman–Crippen LogP) is 4.40. The minimum absolute atomic E-state index is 0.0826. The molecule has 0 aromatic heterocycles. The van der Waals surface area contributed by atoms with Gasteiger partial charge in [0.1, 0.15) is 11.6 Å². The van der Waals surface area contributed by atoms with Crippen LogP contribution in [0.4, 0.5) is 22.0 Å². The quantitative estimate of drug-likeness (QED) is 0.344. The van der Waals surface area contributed by atoms with E-state index in [1.54, 1.807) is 6.92 Å². The minimum Gasteiger partial charge on any atom is -0.206 e. The predicted molar refractivity (Wildman–Crippen MR) is 77.2 cm³/mol. The molecule has 0 unspecified atom stereocenters. The van der Waals surface area contributed by atoms with Crippen molar-refractivity contribution >= 4 is 12.4 Å². The Bertz CT molecular complexity index is 738. The Morgan fingerprint density at radius 1 is 0.783 bits per heavy atom. The van der Waals surface area contributed by atoms with Crippen LogP contribution in [0.2, 0.25) is 0 Å². The molecule has 0 bridgehead atoms. The molecule has 2 aromatic carbocycles. The number of rotatable bonds is 4. The number of aryl methyl sites for hydroxylation is 1. The summed E-state index contributed by atoms with van der Waals surface area (Å²) in [6, 6.07) is 3.79. The molecule has 0 aliphatic carbocycles. The van der Waals surface area contributed by atoms with Crippen molar-refractivity contribution in [3.05, 3.63) is 70.0 Å². The van der Waals surface area contributed by atoms with E-state index in [0.717, 1.165) is 12.4 Å². The first-order valence-electron chi connectivity index (χ1n) is 6.61. The zero-order valence-electron chi connectivity index (χ0n) is 12.0. The molecular weight excluding hydrogens is 315 g/mol. The van der Waals surface area contributed by atoms with E-state index in [0.29, 0.717) is 24.1 Å². The molecule has 7 heteroatoms. The molecule has 0 N–H and O–H groups in total. The van der Waals surface area contributed by atoms with E-state index in [9.17, 15) is 22.0 Å². The Balaban J connectivity index is 2.19. The van der Waals surface area contributed by atoms with Crippen LogP contribution < -0.4 is 0 Å². The fraction of sp³-hybridized carbons (Fsp3) is 0.125. The van der Waals surface area contributed by atoms with Crippen LogP contribution in [0, 0.1) is 29.1 Å². The van der Waals surface area contributed by atoms with Gasteiger partial charge >= 0.3 is 0 Å². The van der Waals surface area contributed by atoms with Crippen LogP contribution in [0.1, 0.15) is 23.6 Å². The van der Waals surface area contributed by atoms with Gasteiger partial charge in [-0.25, -0.2) is 22.0 Å². The average Bonchev–Trinajstić information content (AvgIpc) is 2.50. The van der Waals surface area contributed by atoms with E-state index >= 15 is 0 Å². The second kappa shape index (κ2) is 7.13. The van der Waals surface area contributed by atoms with E-state index in [4.69, 9.17) is 0 Å². The number of halogens is 5. The van der Waals surface area contributed by atoms with Crippen molar-refractivity contribution in [3.63, 3.8) is 0 Å². The number of hydrogen-bond acceptors (Lipinski definition) is 2. The second-order valence-corrected chi connectivity index (χ2v) is 4.61. The van der Waals surface area contributed by atoms with Crippen LogP contribution in [0.3, 0.4) is 0 Å². The van der Waals surface area contributed by atoms with Crippen molar-refractivity contribution in [1.29, 1.82) is 0 Å². The van der Waals surface area contributed by atoms with Crippen LogP contribution in [-0.2, 0) is 6.42 Å². The highest BCUT2D eigenvalue weighted by molar-refractivity contribution is 5.83. The molecular formula is C16H11F5N2. The third-order valence-electron chi connectivity index (χ3n) is 3.01. The van der Waals surface area contributed by atoms with Crippen LogP contribution in [-0.4, -0.2) is 12.4 Å². The third-order valence-corrected chi connectivity index (χ3v) is 3.01. The molecule has 0 aliphatic heterocycles. The summed E-state index contributed by atoms with van der Waals surface area (Å²) in [4.78, 5) is 0. The fourth-order valence-electron chi connectivity index (χ4n) is 1.80. The van der Waals surface area contributed by atoms with Crippen molar-refractivity contribution in [1.82, 2.24) is 0 Å². The molecule has 0 spiro atoms. The van der Waals surface area contributed by atoms with Gasteiger partial charge in [0, 0.05) is 5.56 Å². The lowest BCUT2D eigenvalue weighted by molar-refractivity contribution is 0.447. The molecule has 2 aromatic rings. The fourth-order valence-corrected chi connectivity index (χ4v) is 1.80. The normalized spacial score (nSPS) is 11.7. The summed E-state index contributed by atoms with van der Waals surface area (Å²) < 4.78 is 66.1. The minimum atomic E-state index is -1.59. The van der Waals surface area contributed by atoms with Gasteiger partial charge in [-0.3, -0.25) is 0 Å². The Labute approximate surface area is 129 Å². The van der Waals surface area contributed by atoms with Gasteiger partial charge in [0.05, 0.1) is 18.0 Å². The molecule has 0 atom stereocenters. The van der Waals surface area contributed by atoms with Gasteiger partial charge in [0.25, 0.3) is 0 Å². The average molecular weight is 326 g/mol. The topological polar surface area (TPSA) is 24.7 Å².